The molecule has 0 aromatic rings. The van der Waals surface area contributed by atoms with Crippen LogP contribution in [0.15, 0.2) is 12.2 Å². The molecular weight excluding hydrogens is 470 g/mol. The van der Waals surface area contributed by atoms with Gasteiger partial charge in [-0.3, -0.25) is 0 Å². The first-order chi connectivity index (χ1) is 17.2. The van der Waals surface area contributed by atoms with E-state index in [4.69, 9.17) is 14.2 Å². The van der Waals surface area contributed by atoms with Crippen LogP contribution in [0.25, 0.3) is 0 Å². The molecule has 37 heavy (non-hydrogen) atoms. The predicted molar refractivity (Wildman–Crippen MR) is 141 cm³/mol. The van der Waals surface area contributed by atoms with E-state index in [9.17, 15) is 15.0 Å². The minimum Gasteiger partial charge on any atom is -0.446 e. The zero-order chi connectivity index (χ0) is 27.0. The Morgan fingerprint density at radius 3 is 2.41 bits per heavy atom. The number of nitrogens with zero attached hydrogens (tertiary/aromatic N) is 1. The molecule has 7 heteroatoms. The first-order valence-corrected chi connectivity index (χ1v) is 14.4. The number of carbonyl (C=O) groups excluding carboxylic acids is 1. The zero-order valence-corrected chi connectivity index (χ0v) is 23.9. The third-order valence-electron chi connectivity index (χ3n) is 11.4. The molecule has 2 N–H and O–H groups in total. The molecule has 3 saturated carbocycles. The molecule has 0 aromatic heterocycles. The maximum Gasteiger partial charge on any atom is 0.409 e. The minimum absolute atomic E-state index is 0.0696. The van der Waals surface area contributed by atoms with Crippen LogP contribution in [0, 0.1) is 45.8 Å². The Kier molecular flexibility index (Phi) is 6.82. The molecule has 1 saturated heterocycles. The molecule has 0 radical (unpaired) electrons. The van der Waals surface area contributed by atoms with E-state index >= 15 is 0 Å². The number of aliphatic hydroxyl groups excluding tert-OH is 1. The van der Waals surface area contributed by atoms with Crippen LogP contribution >= 0.6 is 0 Å². The Labute approximate surface area is 222 Å². The van der Waals surface area contributed by atoms with E-state index in [1.807, 2.05) is 6.08 Å². The van der Waals surface area contributed by atoms with Gasteiger partial charge in [-0.05, 0) is 54.8 Å². The van der Waals surface area contributed by atoms with E-state index < -0.39 is 29.3 Å². The summed E-state index contributed by atoms with van der Waals surface area (Å²) in [4.78, 5) is 13.6. The highest BCUT2D eigenvalue weighted by Gasteiger charge is 2.66. The molecule has 10 atom stereocenters. The van der Waals surface area contributed by atoms with Gasteiger partial charge < -0.3 is 29.3 Å². The molecular formula is C30H49NO6. The smallest absolute Gasteiger partial charge is 0.409 e. The number of fused-ring (bicyclic) bond motifs is 5. The second-order valence-electron chi connectivity index (χ2n) is 14.5. The summed E-state index contributed by atoms with van der Waals surface area (Å²) < 4.78 is 18.1. The fraction of sp³-hybridized carbons (Fsp3) is 0.900. The maximum absolute atomic E-state index is 12.2. The highest BCUT2D eigenvalue weighted by Crippen LogP contribution is 2.68. The summed E-state index contributed by atoms with van der Waals surface area (Å²) in [7, 11) is 3.29. The fourth-order valence-electron chi connectivity index (χ4n) is 9.12. The number of hydrogen-bond acceptors (Lipinski definition) is 6. The lowest BCUT2D eigenvalue weighted by molar-refractivity contribution is -0.254. The number of allylic oxidation sites excluding steroid dienone is 1. The standard InChI is InChI=1S/C30H49NO6/c1-18(25-35-16-27(2,3)17-36-25)21-8-9-22-20-10-13-30(34)15-19(37-26(33)31(6)7)14-24(32)29(30,5)23(20)11-12-28(21,22)4/h10,13,18-25,32,34H,8-9,11-12,14-17H2,1-7H3/t18?,19?,20-,21+,22-,23-,24?,28+,29-,30?/m0/s1. The number of aliphatic hydroxyl groups is 2. The highest BCUT2D eigenvalue weighted by molar-refractivity contribution is 5.67. The van der Waals surface area contributed by atoms with Crippen molar-refractivity contribution in [3.63, 3.8) is 0 Å². The Morgan fingerprint density at radius 1 is 1.08 bits per heavy atom. The van der Waals surface area contributed by atoms with E-state index in [1.54, 1.807) is 14.1 Å². The summed E-state index contributed by atoms with van der Waals surface area (Å²) >= 11 is 0. The molecule has 4 aliphatic carbocycles. The average Bonchev–Trinajstić information content (AvgIpc) is 3.17. The largest absolute Gasteiger partial charge is 0.446 e. The van der Waals surface area contributed by atoms with Crippen molar-refractivity contribution in [3.05, 3.63) is 12.2 Å². The molecule has 210 valence electrons. The summed E-state index contributed by atoms with van der Waals surface area (Å²) in [5.74, 6) is 1.88. The van der Waals surface area contributed by atoms with E-state index in [0.717, 1.165) is 38.9 Å². The van der Waals surface area contributed by atoms with Gasteiger partial charge in [0.1, 0.15) is 6.10 Å². The molecule has 7 nitrogen and oxygen atoms in total. The van der Waals surface area contributed by atoms with Crippen molar-refractivity contribution >= 4 is 6.09 Å². The van der Waals surface area contributed by atoms with E-state index in [1.165, 1.54) is 4.90 Å². The minimum atomic E-state index is -1.20. The molecule has 0 bridgehead atoms. The third-order valence-corrected chi connectivity index (χ3v) is 11.4. The average molecular weight is 520 g/mol. The van der Waals surface area contributed by atoms with Gasteiger partial charge in [-0.25, -0.2) is 4.79 Å². The SMILES string of the molecule is CC(C1OCC(C)(C)CO1)[C@H]1CC[C@H]2[C@@H]3C=CC4(O)CC(OC(=O)N(C)C)CC(O)[C@]4(C)[C@H]3CC[C@]12C. The van der Waals surface area contributed by atoms with Crippen LogP contribution in [-0.2, 0) is 14.2 Å². The summed E-state index contributed by atoms with van der Waals surface area (Å²) in [6.45, 7) is 12.7. The lowest BCUT2D eigenvalue weighted by Crippen LogP contribution is -2.66. The fourth-order valence-corrected chi connectivity index (χ4v) is 9.12. The van der Waals surface area contributed by atoms with Gasteiger partial charge >= 0.3 is 6.09 Å². The lowest BCUT2D eigenvalue weighted by Gasteiger charge is -2.63. The third kappa shape index (κ3) is 4.27. The molecule has 1 heterocycles. The molecule has 5 aliphatic rings. The van der Waals surface area contributed by atoms with Gasteiger partial charge in [0.25, 0.3) is 0 Å². The van der Waals surface area contributed by atoms with Crippen molar-refractivity contribution in [1.29, 1.82) is 0 Å². The predicted octanol–water partition coefficient (Wildman–Crippen LogP) is 4.61. The number of amides is 1. The molecule has 0 aromatic carbocycles. The van der Waals surface area contributed by atoms with Gasteiger partial charge in [-0.1, -0.05) is 46.8 Å². The molecule has 1 aliphatic heterocycles. The van der Waals surface area contributed by atoms with Gasteiger partial charge in [-0.2, -0.15) is 0 Å². The molecule has 0 spiro atoms. The summed E-state index contributed by atoms with van der Waals surface area (Å²) in [5.41, 5.74) is -1.61. The first-order valence-electron chi connectivity index (χ1n) is 14.4. The number of rotatable bonds is 3. The lowest BCUT2D eigenvalue weighted by atomic mass is 9.44. The van der Waals surface area contributed by atoms with Gasteiger partial charge in [0.2, 0.25) is 0 Å². The number of carbonyl (C=O) groups is 1. The molecule has 1 amide bonds. The van der Waals surface area contributed by atoms with Gasteiger partial charge in [0.15, 0.2) is 6.29 Å². The van der Waals surface area contributed by atoms with E-state index in [-0.39, 0.29) is 23.0 Å². The number of ether oxygens (including phenoxy) is 3. The Balaban J connectivity index is 1.36. The topological polar surface area (TPSA) is 88.5 Å². The van der Waals surface area contributed by atoms with Crippen LogP contribution in [0.5, 0.6) is 0 Å². The van der Waals surface area contributed by atoms with Crippen LogP contribution < -0.4 is 0 Å². The molecule has 5 rings (SSSR count). The van der Waals surface area contributed by atoms with E-state index in [2.05, 4.69) is 40.7 Å². The van der Waals surface area contributed by atoms with Gasteiger partial charge in [-0.15, -0.1) is 0 Å². The van der Waals surface area contributed by atoms with Crippen LogP contribution in [0.1, 0.15) is 73.1 Å². The van der Waals surface area contributed by atoms with Crippen LogP contribution in [-0.4, -0.2) is 72.6 Å². The van der Waals surface area contributed by atoms with Crippen LogP contribution in [0.2, 0.25) is 0 Å². The maximum atomic E-state index is 12.2. The van der Waals surface area contributed by atoms with Crippen molar-refractivity contribution in [2.24, 2.45) is 45.8 Å². The van der Waals surface area contributed by atoms with Crippen molar-refractivity contribution in [1.82, 2.24) is 4.90 Å². The summed E-state index contributed by atoms with van der Waals surface area (Å²) in [5, 5.41) is 23.5. The Bertz CT molecular complexity index is 910. The first kappa shape index (κ1) is 27.4. The van der Waals surface area contributed by atoms with Gasteiger partial charge in [0, 0.05) is 43.7 Å². The monoisotopic (exact) mass is 519 g/mol. The summed E-state index contributed by atoms with van der Waals surface area (Å²) in [6, 6.07) is 0. The quantitative estimate of drug-likeness (QED) is 0.530. The van der Waals surface area contributed by atoms with E-state index in [0.29, 0.717) is 36.5 Å². The summed E-state index contributed by atoms with van der Waals surface area (Å²) in [6.07, 6.45) is 7.45. The number of hydrogen-bond donors (Lipinski definition) is 2. The van der Waals surface area contributed by atoms with Crippen molar-refractivity contribution in [2.45, 2.75) is 97.2 Å². The van der Waals surface area contributed by atoms with Crippen molar-refractivity contribution in [2.75, 3.05) is 27.3 Å². The van der Waals surface area contributed by atoms with Crippen molar-refractivity contribution in [3.8, 4) is 0 Å². The van der Waals surface area contributed by atoms with Crippen molar-refractivity contribution < 1.29 is 29.2 Å². The molecule has 4 fully saturated rings. The van der Waals surface area contributed by atoms with Gasteiger partial charge in [0.05, 0.1) is 24.9 Å². The highest BCUT2D eigenvalue weighted by atomic mass is 16.7. The van der Waals surface area contributed by atoms with Crippen LogP contribution in [0.3, 0.4) is 0 Å². The normalized spacial score (nSPS) is 47.9. The second-order valence-corrected chi connectivity index (χ2v) is 14.5. The second kappa shape index (κ2) is 9.21. The molecule has 4 unspecified atom stereocenters. The zero-order valence-electron chi connectivity index (χ0n) is 23.9. The Morgan fingerprint density at radius 2 is 1.76 bits per heavy atom. The van der Waals surface area contributed by atoms with Crippen LogP contribution in [0.4, 0.5) is 4.79 Å². The Hall–Kier alpha value is -1.15.